The molecule has 0 saturated carbocycles. The first kappa shape index (κ1) is 16.3. The van der Waals surface area contributed by atoms with Crippen molar-refractivity contribution >= 4 is 34.4 Å². The van der Waals surface area contributed by atoms with Crippen LogP contribution in [0.5, 0.6) is 5.75 Å². The number of nitrogens with one attached hydrogen (secondary N) is 2. The van der Waals surface area contributed by atoms with Crippen molar-refractivity contribution in [3.05, 3.63) is 40.8 Å². The Balaban J connectivity index is 2.12. The van der Waals surface area contributed by atoms with E-state index in [-0.39, 0.29) is 5.91 Å². The van der Waals surface area contributed by atoms with Crippen LogP contribution in [0.25, 0.3) is 21.5 Å². The SMILES string of the molecule is COc1ccc2[nH]c(-c3sccc3C=O)c(CCNC(C)=O)c2c1. The van der Waals surface area contributed by atoms with Crippen molar-refractivity contribution in [3.8, 4) is 16.3 Å². The summed E-state index contributed by atoms with van der Waals surface area (Å²) < 4.78 is 5.33. The second-order valence-electron chi connectivity index (χ2n) is 5.45. The molecule has 0 aliphatic carbocycles. The lowest BCUT2D eigenvalue weighted by molar-refractivity contribution is -0.118. The van der Waals surface area contributed by atoms with Crippen molar-refractivity contribution in [2.24, 2.45) is 0 Å². The van der Waals surface area contributed by atoms with Crippen molar-refractivity contribution in [2.75, 3.05) is 13.7 Å². The van der Waals surface area contributed by atoms with Crippen LogP contribution in [0.3, 0.4) is 0 Å². The van der Waals surface area contributed by atoms with Crippen LogP contribution in [-0.2, 0) is 11.2 Å². The van der Waals surface area contributed by atoms with Gasteiger partial charge in [0, 0.05) is 29.9 Å². The van der Waals surface area contributed by atoms with Crippen molar-refractivity contribution in [1.82, 2.24) is 10.3 Å². The molecule has 0 fully saturated rings. The van der Waals surface area contributed by atoms with Gasteiger partial charge in [-0.1, -0.05) is 0 Å². The second kappa shape index (κ2) is 6.88. The number of rotatable bonds is 6. The number of carbonyl (C=O) groups excluding carboxylic acids is 2. The molecule has 2 aromatic heterocycles. The Labute approximate surface area is 143 Å². The number of thiophene rings is 1. The van der Waals surface area contributed by atoms with Gasteiger partial charge in [0.2, 0.25) is 5.91 Å². The number of hydrogen-bond donors (Lipinski definition) is 2. The minimum absolute atomic E-state index is 0.0568. The quantitative estimate of drug-likeness (QED) is 0.675. The van der Waals surface area contributed by atoms with E-state index in [1.54, 1.807) is 7.11 Å². The fourth-order valence-corrected chi connectivity index (χ4v) is 3.68. The number of benzene rings is 1. The maximum absolute atomic E-state index is 11.3. The highest BCUT2D eigenvalue weighted by molar-refractivity contribution is 7.14. The zero-order valence-corrected chi connectivity index (χ0v) is 14.3. The monoisotopic (exact) mass is 342 g/mol. The van der Waals surface area contributed by atoms with Gasteiger partial charge >= 0.3 is 0 Å². The number of aldehydes is 1. The highest BCUT2D eigenvalue weighted by Crippen LogP contribution is 2.36. The van der Waals surface area contributed by atoms with Gasteiger partial charge in [0.15, 0.2) is 6.29 Å². The number of aromatic nitrogens is 1. The Morgan fingerprint density at radius 2 is 2.21 bits per heavy atom. The van der Waals surface area contributed by atoms with E-state index in [0.29, 0.717) is 18.5 Å². The number of fused-ring (bicyclic) bond motifs is 1. The lowest BCUT2D eigenvalue weighted by Gasteiger charge is -2.06. The molecular weight excluding hydrogens is 324 g/mol. The Hall–Kier alpha value is -2.60. The van der Waals surface area contributed by atoms with Gasteiger partial charge in [0.25, 0.3) is 0 Å². The van der Waals surface area contributed by atoms with Crippen molar-refractivity contribution in [3.63, 3.8) is 0 Å². The molecule has 2 heterocycles. The summed E-state index contributed by atoms with van der Waals surface area (Å²) in [5, 5.41) is 5.78. The number of H-pyrrole nitrogens is 1. The third-order valence-corrected chi connectivity index (χ3v) is 4.86. The van der Waals surface area contributed by atoms with Gasteiger partial charge in [0.05, 0.1) is 17.7 Å². The van der Waals surface area contributed by atoms with Crippen LogP contribution >= 0.6 is 11.3 Å². The van der Waals surface area contributed by atoms with Gasteiger partial charge < -0.3 is 15.0 Å². The number of carbonyl (C=O) groups is 2. The fourth-order valence-electron chi connectivity index (χ4n) is 2.79. The van der Waals surface area contributed by atoms with E-state index in [0.717, 1.165) is 39.1 Å². The third-order valence-electron chi connectivity index (χ3n) is 3.91. The maximum Gasteiger partial charge on any atom is 0.216 e. The summed E-state index contributed by atoms with van der Waals surface area (Å²) in [5.41, 5.74) is 3.65. The minimum Gasteiger partial charge on any atom is -0.497 e. The van der Waals surface area contributed by atoms with E-state index in [2.05, 4.69) is 10.3 Å². The Kier molecular flexibility index (Phi) is 4.66. The number of amides is 1. The Morgan fingerprint density at radius 3 is 2.92 bits per heavy atom. The Morgan fingerprint density at radius 1 is 1.38 bits per heavy atom. The molecule has 124 valence electrons. The van der Waals surface area contributed by atoms with Crippen molar-refractivity contribution < 1.29 is 14.3 Å². The molecule has 0 aliphatic rings. The number of ether oxygens (including phenoxy) is 1. The normalized spacial score (nSPS) is 10.8. The van der Waals surface area contributed by atoms with Crippen LogP contribution in [0, 0.1) is 0 Å². The van der Waals surface area contributed by atoms with Crippen LogP contribution < -0.4 is 10.1 Å². The predicted octanol–water partition coefficient (Wildman–Crippen LogP) is 3.40. The van der Waals surface area contributed by atoms with Gasteiger partial charge in [-0.2, -0.15) is 0 Å². The topological polar surface area (TPSA) is 71.2 Å². The molecule has 6 heteroatoms. The summed E-state index contributed by atoms with van der Waals surface area (Å²) in [6.45, 7) is 2.04. The van der Waals surface area contributed by atoms with Crippen LogP contribution in [-0.4, -0.2) is 30.8 Å². The first-order chi connectivity index (χ1) is 11.6. The number of aromatic amines is 1. The van der Waals surface area contributed by atoms with E-state index >= 15 is 0 Å². The van der Waals surface area contributed by atoms with E-state index in [1.807, 2.05) is 29.6 Å². The van der Waals surface area contributed by atoms with E-state index in [4.69, 9.17) is 4.74 Å². The fraction of sp³-hybridized carbons (Fsp3) is 0.222. The summed E-state index contributed by atoms with van der Waals surface area (Å²) >= 11 is 1.53. The smallest absolute Gasteiger partial charge is 0.216 e. The van der Waals surface area contributed by atoms with Crippen molar-refractivity contribution in [2.45, 2.75) is 13.3 Å². The molecule has 1 amide bonds. The minimum atomic E-state index is -0.0568. The average Bonchev–Trinajstić information content (AvgIpc) is 3.18. The summed E-state index contributed by atoms with van der Waals surface area (Å²) in [6, 6.07) is 7.66. The van der Waals surface area contributed by atoms with Gasteiger partial charge in [-0.25, -0.2) is 0 Å². The van der Waals surface area contributed by atoms with E-state index < -0.39 is 0 Å². The van der Waals surface area contributed by atoms with Gasteiger partial charge in [0.1, 0.15) is 5.75 Å². The van der Waals surface area contributed by atoms with Crippen LogP contribution in [0.15, 0.2) is 29.6 Å². The lowest BCUT2D eigenvalue weighted by atomic mass is 10.0. The molecule has 24 heavy (non-hydrogen) atoms. The first-order valence-corrected chi connectivity index (χ1v) is 8.48. The first-order valence-electron chi connectivity index (χ1n) is 7.60. The highest BCUT2D eigenvalue weighted by Gasteiger charge is 2.17. The second-order valence-corrected chi connectivity index (χ2v) is 6.36. The molecule has 5 nitrogen and oxygen atoms in total. The maximum atomic E-state index is 11.3. The molecular formula is C18H18N2O3S. The molecule has 0 radical (unpaired) electrons. The van der Waals surface area contributed by atoms with Crippen LogP contribution in [0.4, 0.5) is 0 Å². The van der Waals surface area contributed by atoms with Crippen molar-refractivity contribution in [1.29, 1.82) is 0 Å². The summed E-state index contributed by atoms with van der Waals surface area (Å²) in [4.78, 5) is 26.8. The summed E-state index contributed by atoms with van der Waals surface area (Å²) in [7, 11) is 1.63. The predicted molar refractivity (Wildman–Crippen MR) is 95.9 cm³/mol. The Bertz CT molecular complexity index is 895. The third kappa shape index (κ3) is 3.05. The van der Waals surface area contributed by atoms with Crippen LogP contribution in [0.2, 0.25) is 0 Å². The number of methoxy groups -OCH3 is 1. The molecule has 3 rings (SSSR count). The number of hydrogen-bond acceptors (Lipinski definition) is 4. The molecule has 0 bridgehead atoms. The molecule has 0 spiro atoms. The van der Waals surface area contributed by atoms with E-state index in [1.165, 1.54) is 18.3 Å². The standard InChI is InChI=1S/C18H18N2O3S/c1-11(22)19-7-5-14-15-9-13(23-2)3-4-16(15)20-17(14)18-12(10-21)6-8-24-18/h3-4,6,8-10,20H,5,7H2,1-2H3,(H,19,22). The van der Waals surface area contributed by atoms with Crippen LogP contribution in [0.1, 0.15) is 22.8 Å². The molecule has 1 aromatic carbocycles. The molecule has 0 saturated heterocycles. The zero-order valence-electron chi connectivity index (χ0n) is 13.5. The van der Waals surface area contributed by atoms with Gasteiger partial charge in [-0.15, -0.1) is 11.3 Å². The molecule has 0 aliphatic heterocycles. The summed E-state index contributed by atoms with van der Waals surface area (Å²) in [6.07, 6.45) is 1.54. The molecule has 0 unspecified atom stereocenters. The molecule has 3 aromatic rings. The highest BCUT2D eigenvalue weighted by atomic mass is 32.1. The van der Waals surface area contributed by atoms with Gasteiger partial charge in [-0.05, 0) is 41.6 Å². The average molecular weight is 342 g/mol. The molecule has 0 atom stereocenters. The lowest BCUT2D eigenvalue weighted by Crippen LogP contribution is -2.22. The molecule has 2 N–H and O–H groups in total. The van der Waals surface area contributed by atoms with E-state index in [9.17, 15) is 9.59 Å². The van der Waals surface area contributed by atoms with Gasteiger partial charge in [-0.3, -0.25) is 9.59 Å². The largest absolute Gasteiger partial charge is 0.497 e. The summed E-state index contributed by atoms with van der Waals surface area (Å²) in [5.74, 6) is 0.717. The zero-order chi connectivity index (χ0) is 17.1.